The summed E-state index contributed by atoms with van der Waals surface area (Å²) in [6.07, 6.45) is 25.3. The van der Waals surface area contributed by atoms with E-state index < -0.39 is 0 Å². The van der Waals surface area contributed by atoms with Crippen molar-refractivity contribution in [1.29, 1.82) is 0 Å². The van der Waals surface area contributed by atoms with Crippen LogP contribution in [0.15, 0.2) is 84.9 Å². The second kappa shape index (κ2) is 21.1. The van der Waals surface area contributed by atoms with Crippen LogP contribution in [0.2, 0.25) is 0 Å². The molecular weight excluding hydrogens is 486 g/mol. The molecule has 0 spiro atoms. The van der Waals surface area contributed by atoms with Crippen LogP contribution in [0.1, 0.15) is 122 Å². The number of hydrogen-bond acceptors (Lipinski definition) is 2. The van der Waals surface area contributed by atoms with E-state index in [4.69, 9.17) is 4.74 Å². The Labute approximate surface area is 246 Å². The van der Waals surface area contributed by atoms with Crippen molar-refractivity contribution >= 4 is 17.1 Å². The minimum absolute atomic E-state index is 0.805. The molecule has 0 aliphatic carbocycles. The molecule has 2 heteroatoms. The van der Waals surface area contributed by atoms with Crippen molar-refractivity contribution in [3.8, 4) is 5.75 Å². The highest BCUT2D eigenvalue weighted by Crippen LogP contribution is 2.34. The summed E-state index contributed by atoms with van der Waals surface area (Å²) >= 11 is 0. The van der Waals surface area contributed by atoms with Crippen LogP contribution < -0.4 is 9.64 Å². The molecule has 0 saturated heterocycles. The van der Waals surface area contributed by atoms with Crippen molar-refractivity contribution in [3.63, 3.8) is 0 Å². The predicted molar refractivity (Wildman–Crippen MR) is 175 cm³/mol. The highest BCUT2D eigenvalue weighted by atomic mass is 16.5. The average molecular weight is 542 g/mol. The number of rotatable bonds is 23. The summed E-state index contributed by atoms with van der Waals surface area (Å²) in [7, 11) is 0. The van der Waals surface area contributed by atoms with E-state index in [0.717, 1.165) is 35.8 Å². The molecular formula is C38H55NO. The zero-order chi connectivity index (χ0) is 27.9. The van der Waals surface area contributed by atoms with E-state index in [-0.39, 0.29) is 0 Å². The standard InChI is InChI=1S/C38H55NO/c1-2-3-4-5-6-7-8-9-10-11-12-13-14-15-16-17-18-25-34-40-38-32-30-37(31-33-38)39(35-26-21-19-22-27-35)36-28-23-20-24-29-36/h19-24,26-33H,2-18,25,34H2,1H3. The Morgan fingerprint density at radius 3 is 1.15 bits per heavy atom. The number of anilines is 3. The number of hydrogen-bond donors (Lipinski definition) is 0. The molecule has 3 rings (SSSR count). The van der Waals surface area contributed by atoms with Crippen LogP contribution in [-0.2, 0) is 0 Å². The third-order valence-electron chi connectivity index (χ3n) is 7.89. The molecule has 0 saturated carbocycles. The van der Waals surface area contributed by atoms with Gasteiger partial charge in [-0.1, -0.05) is 152 Å². The largest absolute Gasteiger partial charge is 0.494 e. The molecule has 0 N–H and O–H groups in total. The molecule has 0 bridgehead atoms. The topological polar surface area (TPSA) is 12.5 Å². The molecule has 218 valence electrons. The first-order chi connectivity index (χ1) is 19.9. The first kappa shape index (κ1) is 31.8. The van der Waals surface area contributed by atoms with Gasteiger partial charge in [-0.05, 0) is 55.0 Å². The van der Waals surface area contributed by atoms with Gasteiger partial charge in [0.1, 0.15) is 5.75 Å². The second-order valence-electron chi connectivity index (χ2n) is 11.4. The van der Waals surface area contributed by atoms with Crippen molar-refractivity contribution in [2.75, 3.05) is 11.5 Å². The number of ether oxygens (including phenoxy) is 1. The first-order valence-corrected chi connectivity index (χ1v) is 16.5. The Balaban J connectivity index is 1.19. The molecule has 0 fully saturated rings. The van der Waals surface area contributed by atoms with Crippen molar-refractivity contribution in [1.82, 2.24) is 0 Å². The van der Waals surface area contributed by atoms with E-state index in [1.54, 1.807) is 0 Å². The summed E-state index contributed by atoms with van der Waals surface area (Å²) in [6, 6.07) is 29.6. The Hall–Kier alpha value is -2.74. The molecule has 2 nitrogen and oxygen atoms in total. The first-order valence-electron chi connectivity index (χ1n) is 16.5. The lowest BCUT2D eigenvalue weighted by molar-refractivity contribution is 0.304. The molecule has 0 amide bonds. The van der Waals surface area contributed by atoms with Gasteiger partial charge in [-0.15, -0.1) is 0 Å². The third-order valence-corrected chi connectivity index (χ3v) is 7.89. The van der Waals surface area contributed by atoms with Gasteiger partial charge in [-0.25, -0.2) is 0 Å². The summed E-state index contributed by atoms with van der Waals surface area (Å²) in [5, 5.41) is 0. The average Bonchev–Trinajstić information content (AvgIpc) is 3.00. The number of nitrogens with zero attached hydrogens (tertiary/aromatic N) is 1. The maximum Gasteiger partial charge on any atom is 0.119 e. The molecule has 3 aromatic carbocycles. The van der Waals surface area contributed by atoms with Crippen LogP contribution in [0, 0.1) is 0 Å². The van der Waals surface area contributed by atoms with Crippen LogP contribution in [0.4, 0.5) is 17.1 Å². The normalized spacial score (nSPS) is 11.0. The van der Waals surface area contributed by atoms with E-state index in [1.165, 1.54) is 109 Å². The predicted octanol–water partition coefficient (Wildman–Crippen LogP) is 12.6. The summed E-state index contributed by atoms with van der Waals surface area (Å²) in [6.45, 7) is 3.10. The van der Waals surface area contributed by atoms with Crippen LogP contribution in [-0.4, -0.2) is 6.61 Å². The van der Waals surface area contributed by atoms with Gasteiger partial charge in [-0.2, -0.15) is 0 Å². The Kier molecular flexibility index (Phi) is 16.7. The van der Waals surface area contributed by atoms with Gasteiger partial charge in [-0.3, -0.25) is 0 Å². The monoisotopic (exact) mass is 541 g/mol. The van der Waals surface area contributed by atoms with Gasteiger partial charge < -0.3 is 9.64 Å². The van der Waals surface area contributed by atoms with Gasteiger partial charge in [0, 0.05) is 17.1 Å². The van der Waals surface area contributed by atoms with Crippen molar-refractivity contribution in [2.45, 2.75) is 122 Å². The molecule has 0 aliphatic heterocycles. The van der Waals surface area contributed by atoms with E-state index >= 15 is 0 Å². The summed E-state index contributed by atoms with van der Waals surface area (Å²) < 4.78 is 6.06. The quantitative estimate of drug-likeness (QED) is 0.111. The summed E-state index contributed by atoms with van der Waals surface area (Å²) in [5.41, 5.74) is 3.44. The molecule has 0 aromatic heterocycles. The molecule has 0 atom stereocenters. The molecule has 0 aliphatic rings. The Morgan fingerprint density at radius 1 is 0.400 bits per heavy atom. The lowest BCUT2D eigenvalue weighted by Crippen LogP contribution is -2.09. The molecule has 0 radical (unpaired) electrons. The maximum atomic E-state index is 6.06. The van der Waals surface area contributed by atoms with E-state index in [0.29, 0.717) is 0 Å². The number of para-hydroxylation sites is 2. The molecule has 3 aromatic rings. The smallest absolute Gasteiger partial charge is 0.119 e. The van der Waals surface area contributed by atoms with Gasteiger partial charge >= 0.3 is 0 Å². The number of benzene rings is 3. The SMILES string of the molecule is CCCCCCCCCCCCCCCCCCCCOc1ccc(N(c2ccccc2)c2ccccc2)cc1. The molecule has 40 heavy (non-hydrogen) atoms. The molecule has 0 heterocycles. The zero-order valence-corrected chi connectivity index (χ0v) is 25.4. The maximum absolute atomic E-state index is 6.06. The Bertz CT molecular complexity index is 930. The van der Waals surface area contributed by atoms with Gasteiger partial charge in [0.2, 0.25) is 0 Å². The van der Waals surface area contributed by atoms with E-state index in [2.05, 4.69) is 96.8 Å². The fourth-order valence-electron chi connectivity index (χ4n) is 5.49. The van der Waals surface area contributed by atoms with E-state index in [1.807, 2.05) is 0 Å². The lowest BCUT2D eigenvalue weighted by atomic mass is 10.0. The highest BCUT2D eigenvalue weighted by Gasteiger charge is 2.11. The van der Waals surface area contributed by atoms with Gasteiger partial charge in [0.25, 0.3) is 0 Å². The fourth-order valence-corrected chi connectivity index (χ4v) is 5.49. The van der Waals surface area contributed by atoms with Crippen LogP contribution >= 0.6 is 0 Å². The second-order valence-corrected chi connectivity index (χ2v) is 11.4. The van der Waals surface area contributed by atoms with Crippen molar-refractivity contribution < 1.29 is 4.74 Å². The summed E-state index contributed by atoms with van der Waals surface area (Å²) in [4.78, 5) is 2.28. The van der Waals surface area contributed by atoms with Crippen LogP contribution in [0.3, 0.4) is 0 Å². The number of unbranched alkanes of at least 4 members (excludes halogenated alkanes) is 17. The lowest BCUT2D eigenvalue weighted by Gasteiger charge is -2.25. The van der Waals surface area contributed by atoms with Gasteiger partial charge in [0.15, 0.2) is 0 Å². The van der Waals surface area contributed by atoms with Crippen LogP contribution in [0.25, 0.3) is 0 Å². The fraction of sp³-hybridized carbons (Fsp3) is 0.526. The minimum atomic E-state index is 0.805. The zero-order valence-electron chi connectivity index (χ0n) is 25.4. The van der Waals surface area contributed by atoms with Crippen molar-refractivity contribution in [3.05, 3.63) is 84.9 Å². The Morgan fingerprint density at radius 2 is 0.750 bits per heavy atom. The van der Waals surface area contributed by atoms with E-state index in [9.17, 15) is 0 Å². The third kappa shape index (κ3) is 13.1. The van der Waals surface area contributed by atoms with Gasteiger partial charge in [0.05, 0.1) is 6.61 Å². The molecule has 0 unspecified atom stereocenters. The van der Waals surface area contributed by atoms with Crippen LogP contribution in [0.5, 0.6) is 5.75 Å². The van der Waals surface area contributed by atoms with Crippen molar-refractivity contribution in [2.24, 2.45) is 0 Å². The highest BCUT2D eigenvalue weighted by molar-refractivity contribution is 5.76. The summed E-state index contributed by atoms with van der Waals surface area (Å²) in [5.74, 6) is 0.955. The minimum Gasteiger partial charge on any atom is -0.494 e.